The Morgan fingerprint density at radius 2 is 2.29 bits per heavy atom. The molecule has 1 unspecified atom stereocenters. The number of aromatic nitrogens is 1. The molecule has 0 bridgehead atoms. The summed E-state index contributed by atoms with van der Waals surface area (Å²) in [5.41, 5.74) is 0.119. The second-order valence-electron chi connectivity index (χ2n) is 4.96. The van der Waals surface area contributed by atoms with Crippen LogP contribution in [0.3, 0.4) is 0 Å². The minimum atomic E-state index is -0.790. The highest BCUT2D eigenvalue weighted by Crippen LogP contribution is 2.28. The molecule has 0 radical (unpaired) electrons. The molecule has 1 saturated heterocycles. The fraction of sp³-hybridized carbons (Fsp3) is 0.267. The van der Waals surface area contributed by atoms with Gasteiger partial charge in [-0.3, -0.25) is 4.79 Å². The van der Waals surface area contributed by atoms with Gasteiger partial charge in [0.25, 0.3) is 5.91 Å². The number of amides is 1. The summed E-state index contributed by atoms with van der Waals surface area (Å²) in [6, 6.07) is 11.1. The smallest absolute Gasteiger partial charge is 0.271 e. The molecule has 106 valence electrons. The molecule has 2 heterocycles. The van der Waals surface area contributed by atoms with E-state index in [4.69, 9.17) is 11.6 Å². The van der Waals surface area contributed by atoms with Crippen LogP contribution in [0, 0.1) is 11.3 Å². The van der Waals surface area contributed by atoms with Gasteiger partial charge in [0.15, 0.2) is 0 Å². The van der Waals surface area contributed by atoms with E-state index in [9.17, 15) is 10.1 Å². The van der Waals surface area contributed by atoms with E-state index >= 15 is 0 Å². The summed E-state index contributed by atoms with van der Waals surface area (Å²) in [5, 5.41) is 13.4. The molecule has 1 N–H and O–H groups in total. The number of hydrogen-bond donors (Lipinski definition) is 1. The van der Waals surface area contributed by atoms with Crippen LogP contribution in [0.4, 0.5) is 0 Å². The van der Waals surface area contributed by atoms with E-state index in [0.29, 0.717) is 22.7 Å². The first-order chi connectivity index (χ1) is 10.1. The normalized spacial score (nSPS) is 21.1. The van der Waals surface area contributed by atoms with Gasteiger partial charge in [-0.25, -0.2) is 4.98 Å². The van der Waals surface area contributed by atoms with Crippen molar-refractivity contribution in [2.24, 2.45) is 0 Å². The number of nitrogens with one attached hydrogen (secondary N) is 1. The molecule has 6 heteroatoms. The van der Waals surface area contributed by atoms with Crippen molar-refractivity contribution in [2.75, 3.05) is 11.5 Å². The molecule has 1 amide bonds. The molecule has 4 nitrogen and oxygen atoms in total. The Balaban J connectivity index is 1.93. The van der Waals surface area contributed by atoms with Crippen LogP contribution >= 0.6 is 23.4 Å². The first-order valence-electron chi connectivity index (χ1n) is 6.50. The number of rotatable bonds is 2. The molecule has 2 aromatic rings. The SMILES string of the molecule is N#CC1(NC(=O)c2cc(Cl)c3ccccc3n2)CCSC1. The summed E-state index contributed by atoms with van der Waals surface area (Å²) < 4.78 is 0. The van der Waals surface area contributed by atoms with Gasteiger partial charge in [0.2, 0.25) is 0 Å². The van der Waals surface area contributed by atoms with Gasteiger partial charge >= 0.3 is 0 Å². The second-order valence-corrected chi connectivity index (χ2v) is 6.47. The van der Waals surface area contributed by atoms with E-state index in [2.05, 4.69) is 16.4 Å². The van der Waals surface area contributed by atoms with E-state index < -0.39 is 5.54 Å². The van der Waals surface area contributed by atoms with E-state index in [1.807, 2.05) is 24.3 Å². The number of fused-ring (bicyclic) bond motifs is 1. The van der Waals surface area contributed by atoms with Crippen LogP contribution in [0.5, 0.6) is 0 Å². The number of pyridine rings is 1. The first-order valence-corrected chi connectivity index (χ1v) is 8.04. The number of thioether (sulfide) groups is 1. The van der Waals surface area contributed by atoms with Crippen molar-refractivity contribution in [3.8, 4) is 6.07 Å². The maximum Gasteiger partial charge on any atom is 0.271 e. The Kier molecular flexibility index (Phi) is 3.75. The minimum absolute atomic E-state index is 0.241. The Morgan fingerprint density at radius 3 is 3.00 bits per heavy atom. The number of halogens is 1. The molecular weight excluding hydrogens is 306 g/mol. The predicted octanol–water partition coefficient (Wildman–Crippen LogP) is 3.02. The van der Waals surface area contributed by atoms with Crippen molar-refractivity contribution < 1.29 is 4.79 Å². The molecule has 0 aliphatic carbocycles. The van der Waals surface area contributed by atoms with Crippen molar-refractivity contribution in [2.45, 2.75) is 12.0 Å². The van der Waals surface area contributed by atoms with Crippen LogP contribution < -0.4 is 5.32 Å². The largest absolute Gasteiger partial charge is 0.332 e. The fourth-order valence-corrected chi connectivity index (χ4v) is 3.84. The highest BCUT2D eigenvalue weighted by molar-refractivity contribution is 7.99. The quantitative estimate of drug-likeness (QED) is 0.924. The van der Waals surface area contributed by atoms with Crippen molar-refractivity contribution in [1.82, 2.24) is 10.3 Å². The summed E-state index contributed by atoms with van der Waals surface area (Å²) >= 11 is 7.87. The van der Waals surface area contributed by atoms with Gasteiger partial charge in [0.05, 0.1) is 16.6 Å². The summed E-state index contributed by atoms with van der Waals surface area (Å²) in [6.45, 7) is 0. The lowest BCUT2D eigenvalue weighted by atomic mass is 10.0. The average Bonchev–Trinajstić information content (AvgIpc) is 2.96. The molecule has 1 aliphatic heterocycles. The average molecular weight is 318 g/mol. The van der Waals surface area contributed by atoms with Crippen LogP contribution in [-0.2, 0) is 0 Å². The number of carbonyl (C=O) groups excluding carboxylic acids is 1. The van der Waals surface area contributed by atoms with Crippen molar-refractivity contribution in [1.29, 1.82) is 5.26 Å². The zero-order valence-electron chi connectivity index (χ0n) is 11.1. The van der Waals surface area contributed by atoms with Crippen LogP contribution in [-0.4, -0.2) is 27.9 Å². The number of nitriles is 1. The third-order valence-electron chi connectivity index (χ3n) is 3.49. The number of carbonyl (C=O) groups is 1. The molecule has 21 heavy (non-hydrogen) atoms. The van der Waals surface area contributed by atoms with Crippen LogP contribution in [0.25, 0.3) is 10.9 Å². The van der Waals surface area contributed by atoms with Crippen molar-refractivity contribution >= 4 is 40.2 Å². The van der Waals surface area contributed by atoms with Crippen molar-refractivity contribution in [3.05, 3.63) is 41.0 Å². The molecule has 1 aliphatic rings. The van der Waals surface area contributed by atoms with Gasteiger partial charge in [-0.1, -0.05) is 29.8 Å². The lowest BCUT2D eigenvalue weighted by molar-refractivity contribution is 0.0921. The van der Waals surface area contributed by atoms with E-state index in [1.165, 1.54) is 0 Å². The highest BCUT2D eigenvalue weighted by atomic mass is 35.5. The zero-order chi connectivity index (χ0) is 14.9. The summed E-state index contributed by atoms with van der Waals surface area (Å²) in [4.78, 5) is 16.7. The molecule has 1 aromatic heterocycles. The van der Waals surface area contributed by atoms with Crippen LogP contribution in [0.1, 0.15) is 16.9 Å². The Bertz CT molecular complexity index is 750. The summed E-state index contributed by atoms with van der Waals surface area (Å²) in [5.74, 6) is 1.13. The molecule has 1 aromatic carbocycles. The highest BCUT2D eigenvalue weighted by Gasteiger charge is 2.36. The monoisotopic (exact) mass is 317 g/mol. The molecule has 0 spiro atoms. The lowest BCUT2D eigenvalue weighted by Gasteiger charge is -2.21. The Morgan fingerprint density at radius 1 is 1.48 bits per heavy atom. The lowest BCUT2D eigenvalue weighted by Crippen LogP contribution is -2.47. The Labute approximate surface area is 131 Å². The van der Waals surface area contributed by atoms with Gasteiger partial charge in [-0.15, -0.1) is 0 Å². The number of nitrogens with zero attached hydrogens (tertiary/aromatic N) is 2. The number of para-hydroxylation sites is 1. The standard InChI is InChI=1S/C15H12ClN3OS/c16-11-7-13(18-12-4-2-1-3-10(11)12)14(20)19-15(8-17)5-6-21-9-15/h1-4,7H,5-6,9H2,(H,19,20). The van der Waals surface area contributed by atoms with Crippen molar-refractivity contribution in [3.63, 3.8) is 0 Å². The van der Waals surface area contributed by atoms with Gasteiger partial charge < -0.3 is 5.32 Å². The number of hydrogen-bond acceptors (Lipinski definition) is 4. The van der Waals surface area contributed by atoms with E-state index in [-0.39, 0.29) is 11.6 Å². The molecular formula is C15H12ClN3OS. The maximum atomic E-state index is 12.4. The van der Waals surface area contributed by atoms with Crippen LogP contribution in [0.15, 0.2) is 30.3 Å². The third-order valence-corrected chi connectivity index (χ3v) is 4.99. The summed E-state index contributed by atoms with van der Waals surface area (Å²) in [7, 11) is 0. The minimum Gasteiger partial charge on any atom is -0.332 e. The molecule has 0 saturated carbocycles. The van der Waals surface area contributed by atoms with E-state index in [0.717, 1.165) is 11.1 Å². The van der Waals surface area contributed by atoms with E-state index in [1.54, 1.807) is 17.8 Å². The third kappa shape index (κ3) is 2.69. The molecule has 3 rings (SSSR count). The molecule has 1 atom stereocenters. The second kappa shape index (κ2) is 5.55. The molecule has 1 fully saturated rings. The van der Waals surface area contributed by atoms with Gasteiger partial charge in [0.1, 0.15) is 11.2 Å². The van der Waals surface area contributed by atoms with Gasteiger partial charge in [0, 0.05) is 11.1 Å². The fourth-order valence-electron chi connectivity index (χ4n) is 2.31. The van der Waals surface area contributed by atoms with Crippen LogP contribution in [0.2, 0.25) is 5.02 Å². The predicted molar refractivity (Wildman–Crippen MR) is 84.5 cm³/mol. The van der Waals surface area contributed by atoms with Gasteiger partial charge in [-0.05, 0) is 24.3 Å². The summed E-state index contributed by atoms with van der Waals surface area (Å²) in [6.07, 6.45) is 0.654. The maximum absolute atomic E-state index is 12.4. The first kappa shape index (κ1) is 14.2. The van der Waals surface area contributed by atoms with Gasteiger partial charge in [-0.2, -0.15) is 17.0 Å². The Hall–Kier alpha value is -1.77. The topological polar surface area (TPSA) is 65.8 Å². The zero-order valence-corrected chi connectivity index (χ0v) is 12.7. The number of benzene rings is 1.